The number of alkyl halides is 2. The summed E-state index contributed by atoms with van der Waals surface area (Å²) in [7, 11) is 0. The second kappa shape index (κ2) is 20.0. The summed E-state index contributed by atoms with van der Waals surface area (Å²) in [5.41, 5.74) is -0.805. The number of carbonyl (C=O) groups is 2. The fourth-order valence-electron chi connectivity index (χ4n) is 0.119. The van der Waals surface area contributed by atoms with Crippen molar-refractivity contribution in [3.63, 3.8) is 0 Å². The average Bonchev–Trinajstić information content (AvgIpc) is 2.14. The molecule has 15 heavy (non-hydrogen) atoms. The van der Waals surface area contributed by atoms with Crippen LogP contribution < -0.4 is 0 Å². The van der Waals surface area contributed by atoms with Gasteiger partial charge in [-0.15, -0.1) is 23.2 Å². The van der Waals surface area contributed by atoms with Gasteiger partial charge in [-0.05, 0) is 23.2 Å². The van der Waals surface area contributed by atoms with Crippen molar-refractivity contribution >= 4 is 68.1 Å². The maximum Gasteiger partial charge on any atom is 0.403 e. The minimum Gasteiger partial charge on any atom is -0.452 e. The lowest BCUT2D eigenvalue weighted by Gasteiger charge is -1.90. The number of carbonyl (C=O) groups excluding carboxylic acids is 2. The van der Waals surface area contributed by atoms with Gasteiger partial charge < -0.3 is 9.84 Å². The molecule has 0 atom stereocenters. The van der Waals surface area contributed by atoms with Crippen molar-refractivity contribution < 1.29 is 19.4 Å². The van der Waals surface area contributed by atoms with Crippen LogP contribution in [-0.2, 0) is 4.74 Å². The van der Waals surface area contributed by atoms with Gasteiger partial charge in [0.2, 0.25) is 0 Å². The van der Waals surface area contributed by atoms with E-state index in [-0.39, 0.29) is 13.2 Å². The van der Waals surface area contributed by atoms with Crippen molar-refractivity contribution in [1.82, 2.24) is 0 Å². The van der Waals surface area contributed by atoms with Gasteiger partial charge in [0.1, 0.15) is 6.61 Å². The van der Waals surface area contributed by atoms with Crippen LogP contribution in [0.5, 0.6) is 0 Å². The quantitative estimate of drug-likeness (QED) is 0.639. The average molecular weight is 322 g/mol. The van der Waals surface area contributed by atoms with E-state index in [0.717, 1.165) is 0 Å². The molecule has 0 rings (SSSR count). The Morgan fingerprint density at radius 3 is 1.47 bits per heavy atom. The van der Waals surface area contributed by atoms with Gasteiger partial charge in [0.15, 0.2) is 0 Å². The Balaban J connectivity index is -0.000000155. The van der Waals surface area contributed by atoms with E-state index in [4.69, 9.17) is 44.7 Å². The minimum absolute atomic E-state index is 0.0849. The third kappa shape index (κ3) is 74.4. The molecule has 9 heteroatoms. The van der Waals surface area contributed by atoms with Gasteiger partial charge in [-0.2, -0.15) is 0 Å². The lowest BCUT2D eigenvalue weighted by atomic mass is 10.9. The first-order valence-electron chi connectivity index (χ1n) is 3.32. The van der Waals surface area contributed by atoms with Crippen LogP contribution in [0.2, 0.25) is 0 Å². The second-order valence-electron chi connectivity index (χ2n) is 1.41. The molecule has 0 bridgehead atoms. The van der Waals surface area contributed by atoms with Crippen LogP contribution in [0.4, 0.5) is 9.59 Å². The molecule has 0 saturated heterocycles. The number of aliphatic hydroxyl groups excluding tert-OH is 1. The highest BCUT2D eigenvalue weighted by Crippen LogP contribution is 1.86. The van der Waals surface area contributed by atoms with Gasteiger partial charge in [-0.1, -0.05) is 0 Å². The molecule has 0 aliphatic heterocycles. The maximum absolute atomic E-state index is 9.69. The molecule has 0 heterocycles. The van der Waals surface area contributed by atoms with E-state index in [1.54, 1.807) is 0 Å². The van der Waals surface area contributed by atoms with Crippen molar-refractivity contribution in [2.24, 2.45) is 0 Å². The molecule has 0 radical (unpaired) electrons. The van der Waals surface area contributed by atoms with Crippen LogP contribution in [-0.4, -0.2) is 40.2 Å². The van der Waals surface area contributed by atoms with E-state index >= 15 is 0 Å². The van der Waals surface area contributed by atoms with Gasteiger partial charge in [0, 0.05) is 17.5 Å². The normalized spacial score (nSPS) is 7.60. The standard InChI is InChI=1S/C3H4Cl2O2.C2H5ClO.CCl2O/c4-1-2-7-3(5)6;3-1-2-4;2-1(3)4/h1-2H2;4H,1-2H2;. The number of halogens is 5. The summed E-state index contributed by atoms with van der Waals surface area (Å²) < 4.78 is 3.30. The predicted molar refractivity (Wildman–Crippen MR) is 62.8 cm³/mol. The van der Waals surface area contributed by atoms with Crippen molar-refractivity contribution in [1.29, 1.82) is 0 Å². The molecule has 4 nitrogen and oxygen atoms in total. The third-order valence-corrected chi connectivity index (χ3v) is 0.810. The monoisotopic (exact) mass is 320 g/mol. The Kier molecular flexibility index (Phi) is 27.9. The zero-order valence-electron chi connectivity index (χ0n) is 7.39. The van der Waals surface area contributed by atoms with E-state index in [9.17, 15) is 4.79 Å². The first kappa shape index (κ1) is 20.9. The first-order chi connectivity index (χ1) is 6.92. The number of aliphatic hydroxyl groups is 1. The third-order valence-electron chi connectivity index (χ3n) is 0.377. The highest BCUT2D eigenvalue weighted by molar-refractivity contribution is 6.93. The molecule has 0 fully saturated rings. The fourth-order valence-corrected chi connectivity index (χ4v) is 0.273. The highest BCUT2D eigenvalue weighted by atomic mass is 35.5. The van der Waals surface area contributed by atoms with Gasteiger partial charge in [-0.25, -0.2) is 4.79 Å². The van der Waals surface area contributed by atoms with Gasteiger partial charge in [0.05, 0.1) is 12.5 Å². The molecule has 0 amide bonds. The summed E-state index contributed by atoms with van der Waals surface area (Å²) in [4.78, 5) is 18.7. The molecule has 0 aromatic carbocycles. The Bertz CT molecular complexity index is 148. The molecular formula is C6H9Cl5O4. The van der Waals surface area contributed by atoms with E-state index in [1.165, 1.54) is 0 Å². The zero-order chi connectivity index (χ0) is 12.7. The smallest absolute Gasteiger partial charge is 0.403 e. The minimum atomic E-state index is -0.889. The zero-order valence-corrected chi connectivity index (χ0v) is 11.2. The molecule has 0 unspecified atom stereocenters. The SMILES string of the molecule is O=C(Cl)Cl.O=C(Cl)OCCCl.OCCCl. The number of hydrogen-bond acceptors (Lipinski definition) is 4. The summed E-state index contributed by atoms with van der Waals surface area (Å²) >= 11 is 23.6. The molecule has 0 aromatic heterocycles. The van der Waals surface area contributed by atoms with Gasteiger partial charge >= 0.3 is 10.1 Å². The number of rotatable bonds is 3. The maximum atomic E-state index is 9.69. The number of ether oxygens (including phenoxy) is 1. The van der Waals surface area contributed by atoms with Crippen LogP contribution in [0.15, 0.2) is 0 Å². The summed E-state index contributed by atoms with van der Waals surface area (Å²) in [6, 6.07) is 0. The highest BCUT2D eigenvalue weighted by Gasteiger charge is 1.90. The van der Waals surface area contributed by atoms with Crippen LogP contribution in [0.25, 0.3) is 0 Å². The summed E-state index contributed by atoms with van der Waals surface area (Å²) in [6.07, 6.45) is 0. The van der Waals surface area contributed by atoms with Crippen LogP contribution in [0, 0.1) is 0 Å². The summed E-state index contributed by atoms with van der Waals surface area (Å²) in [6.45, 7) is 0.269. The lowest BCUT2D eigenvalue weighted by Crippen LogP contribution is -1.96. The lowest BCUT2D eigenvalue weighted by molar-refractivity contribution is 0.180. The molecule has 0 aromatic rings. The Hall–Kier alpha value is 0.550. The van der Waals surface area contributed by atoms with Crippen molar-refractivity contribution in [2.75, 3.05) is 25.0 Å². The summed E-state index contributed by atoms with van der Waals surface area (Å²) in [5, 5.41) is 7.74. The molecule has 0 saturated carbocycles. The van der Waals surface area contributed by atoms with Gasteiger partial charge in [-0.3, -0.25) is 4.79 Å². The van der Waals surface area contributed by atoms with E-state index in [2.05, 4.69) is 27.9 Å². The topological polar surface area (TPSA) is 63.6 Å². The van der Waals surface area contributed by atoms with Crippen molar-refractivity contribution in [3.8, 4) is 0 Å². The molecule has 1 N–H and O–H groups in total. The van der Waals surface area contributed by atoms with Crippen molar-refractivity contribution in [2.45, 2.75) is 0 Å². The van der Waals surface area contributed by atoms with Gasteiger partial charge in [0.25, 0.3) is 0 Å². The largest absolute Gasteiger partial charge is 0.452 e. The fraction of sp³-hybridized carbons (Fsp3) is 0.667. The first-order valence-corrected chi connectivity index (χ1v) is 5.52. The Morgan fingerprint density at radius 2 is 1.40 bits per heavy atom. The van der Waals surface area contributed by atoms with E-state index in [0.29, 0.717) is 11.8 Å². The van der Waals surface area contributed by atoms with Crippen LogP contribution in [0.3, 0.4) is 0 Å². The second-order valence-corrected chi connectivity index (χ2v) is 3.36. The number of hydrogen-bond donors (Lipinski definition) is 1. The molecular weight excluding hydrogens is 313 g/mol. The molecule has 0 spiro atoms. The summed E-state index contributed by atoms with van der Waals surface area (Å²) in [5.74, 6) is 0.637. The predicted octanol–water partition coefficient (Wildman–Crippen LogP) is 3.40. The Morgan fingerprint density at radius 1 is 1.07 bits per heavy atom. The molecule has 0 aliphatic rings. The van der Waals surface area contributed by atoms with Crippen molar-refractivity contribution in [3.05, 3.63) is 0 Å². The van der Waals surface area contributed by atoms with E-state index < -0.39 is 10.1 Å². The Labute approximate surface area is 112 Å². The van der Waals surface area contributed by atoms with E-state index in [1.807, 2.05) is 0 Å². The van der Waals surface area contributed by atoms with Crippen LogP contribution >= 0.6 is 58.0 Å². The molecule has 0 aliphatic carbocycles. The van der Waals surface area contributed by atoms with Crippen LogP contribution in [0.1, 0.15) is 0 Å². The molecule has 92 valence electrons.